The van der Waals surface area contributed by atoms with Crippen molar-refractivity contribution in [3.63, 3.8) is 0 Å². The van der Waals surface area contributed by atoms with Crippen molar-refractivity contribution in [2.75, 3.05) is 25.7 Å². The van der Waals surface area contributed by atoms with E-state index in [1.54, 1.807) is 7.11 Å². The van der Waals surface area contributed by atoms with Crippen LogP contribution in [0.3, 0.4) is 0 Å². The molecule has 1 rings (SSSR count). The molecular formula is C15H25NOS. The van der Waals surface area contributed by atoms with Gasteiger partial charge < -0.3 is 10.1 Å². The summed E-state index contributed by atoms with van der Waals surface area (Å²) in [7, 11) is 3.73. The minimum atomic E-state index is 0.433. The fourth-order valence-electron chi connectivity index (χ4n) is 1.84. The maximum atomic E-state index is 5.18. The lowest BCUT2D eigenvalue weighted by Gasteiger charge is -2.16. The van der Waals surface area contributed by atoms with Crippen LogP contribution in [0, 0.1) is 0 Å². The largest absolute Gasteiger partial charge is 0.497 e. The molecule has 1 aromatic rings. The molecule has 3 heteroatoms. The number of hydrogen-bond acceptors (Lipinski definition) is 3. The van der Waals surface area contributed by atoms with E-state index >= 15 is 0 Å². The molecule has 1 atom stereocenters. The zero-order chi connectivity index (χ0) is 13.2. The van der Waals surface area contributed by atoms with Gasteiger partial charge in [-0.15, -0.1) is 0 Å². The van der Waals surface area contributed by atoms with E-state index in [4.69, 9.17) is 4.74 Å². The van der Waals surface area contributed by atoms with E-state index in [0.717, 1.165) is 11.5 Å². The molecule has 0 spiro atoms. The second-order valence-corrected chi connectivity index (χ2v) is 5.55. The molecule has 0 heterocycles. The van der Waals surface area contributed by atoms with Crippen LogP contribution in [0.5, 0.6) is 5.75 Å². The van der Waals surface area contributed by atoms with Crippen LogP contribution in [-0.2, 0) is 0 Å². The summed E-state index contributed by atoms with van der Waals surface area (Å²) in [6, 6.07) is 8.78. The molecule has 1 unspecified atom stereocenters. The molecule has 0 amide bonds. The Morgan fingerprint density at radius 2 is 1.94 bits per heavy atom. The second-order valence-electron chi connectivity index (χ2n) is 4.40. The summed E-state index contributed by atoms with van der Waals surface area (Å²) >= 11 is 2.04. The molecule has 0 fully saturated rings. The Morgan fingerprint density at radius 1 is 1.22 bits per heavy atom. The van der Waals surface area contributed by atoms with E-state index in [2.05, 4.69) is 24.4 Å². The highest BCUT2D eigenvalue weighted by molar-refractivity contribution is 7.99. The van der Waals surface area contributed by atoms with Crippen molar-refractivity contribution in [1.29, 1.82) is 0 Å². The molecule has 0 saturated heterocycles. The second kappa shape index (κ2) is 9.29. The monoisotopic (exact) mass is 267 g/mol. The summed E-state index contributed by atoms with van der Waals surface area (Å²) in [4.78, 5) is 0. The maximum Gasteiger partial charge on any atom is 0.118 e. The fourth-order valence-corrected chi connectivity index (χ4v) is 3.01. The number of benzene rings is 1. The topological polar surface area (TPSA) is 21.3 Å². The van der Waals surface area contributed by atoms with E-state index in [9.17, 15) is 0 Å². The average Bonchev–Trinajstić information content (AvgIpc) is 2.43. The molecule has 1 N–H and O–H groups in total. The number of ether oxygens (including phenoxy) is 1. The molecule has 0 aliphatic rings. The number of hydrogen-bond donors (Lipinski definition) is 1. The maximum absolute atomic E-state index is 5.18. The molecular weight excluding hydrogens is 242 g/mol. The van der Waals surface area contributed by atoms with Gasteiger partial charge in [0.2, 0.25) is 0 Å². The van der Waals surface area contributed by atoms with Crippen LogP contribution < -0.4 is 10.1 Å². The average molecular weight is 267 g/mol. The zero-order valence-electron chi connectivity index (χ0n) is 11.7. The predicted molar refractivity (Wildman–Crippen MR) is 81.6 cm³/mol. The van der Waals surface area contributed by atoms with Gasteiger partial charge >= 0.3 is 0 Å². The normalized spacial score (nSPS) is 12.4. The first-order chi connectivity index (χ1) is 8.81. The lowest BCUT2D eigenvalue weighted by molar-refractivity contribution is 0.414. The number of nitrogens with one attached hydrogen (secondary N) is 1. The van der Waals surface area contributed by atoms with E-state index in [1.807, 2.05) is 30.9 Å². The smallest absolute Gasteiger partial charge is 0.118 e. The van der Waals surface area contributed by atoms with Crippen molar-refractivity contribution >= 4 is 11.8 Å². The minimum absolute atomic E-state index is 0.433. The van der Waals surface area contributed by atoms with Crippen LogP contribution in [0.15, 0.2) is 24.3 Å². The summed E-state index contributed by atoms with van der Waals surface area (Å²) in [6.07, 6.45) is 3.98. The molecule has 2 nitrogen and oxygen atoms in total. The molecule has 102 valence electrons. The van der Waals surface area contributed by atoms with Gasteiger partial charge in [-0.2, -0.15) is 11.8 Å². The number of thioether (sulfide) groups is 1. The van der Waals surface area contributed by atoms with Gasteiger partial charge in [-0.25, -0.2) is 0 Å². The fraction of sp³-hybridized carbons (Fsp3) is 0.600. The highest BCUT2D eigenvalue weighted by Gasteiger charge is 2.08. The first-order valence-electron chi connectivity index (χ1n) is 6.70. The SMILES string of the molecule is CCCCCSCC(NC)c1ccc(OC)cc1. The number of rotatable bonds is 9. The van der Waals surface area contributed by atoms with E-state index < -0.39 is 0 Å². The first kappa shape index (κ1) is 15.4. The Hall–Kier alpha value is -0.670. The van der Waals surface area contributed by atoms with Crippen molar-refractivity contribution in [2.24, 2.45) is 0 Å². The summed E-state index contributed by atoms with van der Waals surface area (Å²) in [5.41, 5.74) is 1.33. The Bertz CT molecular complexity index is 313. The van der Waals surface area contributed by atoms with Gasteiger partial charge in [0, 0.05) is 11.8 Å². The summed E-state index contributed by atoms with van der Waals surface area (Å²) in [5.74, 6) is 3.32. The van der Waals surface area contributed by atoms with E-state index in [1.165, 1.54) is 30.6 Å². The van der Waals surface area contributed by atoms with Crippen molar-refractivity contribution < 1.29 is 4.74 Å². The van der Waals surface area contributed by atoms with Gasteiger partial charge in [-0.3, -0.25) is 0 Å². The molecule has 0 aromatic heterocycles. The van der Waals surface area contributed by atoms with Crippen molar-refractivity contribution in [2.45, 2.75) is 32.2 Å². The van der Waals surface area contributed by atoms with Gasteiger partial charge in [0.15, 0.2) is 0 Å². The summed E-state index contributed by atoms with van der Waals surface area (Å²) < 4.78 is 5.18. The van der Waals surface area contributed by atoms with Crippen LogP contribution in [0.2, 0.25) is 0 Å². The third kappa shape index (κ3) is 5.32. The molecule has 1 aromatic carbocycles. The lowest BCUT2D eigenvalue weighted by atomic mass is 10.1. The number of methoxy groups -OCH3 is 1. The van der Waals surface area contributed by atoms with E-state index in [0.29, 0.717) is 6.04 Å². The summed E-state index contributed by atoms with van der Waals surface area (Å²) in [6.45, 7) is 2.25. The quantitative estimate of drug-likeness (QED) is 0.686. The summed E-state index contributed by atoms with van der Waals surface area (Å²) in [5, 5.41) is 3.39. The first-order valence-corrected chi connectivity index (χ1v) is 7.86. The van der Waals surface area contributed by atoms with Crippen LogP contribution in [0.1, 0.15) is 37.8 Å². The van der Waals surface area contributed by atoms with Crippen molar-refractivity contribution in [3.8, 4) is 5.75 Å². The third-order valence-electron chi connectivity index (χ3n) is 3.04. The minimum Gasteiger partial charge on any atom is -0.497 e. The predicted octanol–water partition coefficient (Wildman–Crippen LogP) is 3.88. The van der Waals surface area contributed by atoms with Gasteiger partial charge in [0.1, 0.15) is 5.75 Å². The standard InChI is InChI=1S/C15H25NOS/c1-4-5-6-11-18-12-15(16-2)13-7-9-14(17-3)10-8-13/h7-10,15-16H,4-6,11-12H2,1-3H3. The van der Waals surface area contributed by atoms with Crippen molar-refractivity contribution in [1.82, 2.24) is 5.32 Å². The van der Waals surface area contributed by atoms with Crippen LogP contribution in [0.4, 0.5) is 0 Å². The Labute approximate surface area is 116 Å². The lowest BCUT2D eigenvalue weighted by Crippen LogP contribution is -2.18. The Morgan fingerprint density at radius 3 is 2.50 bits per heavy atom. The molecule has 18 heavy (non-hydrogen) atoms. The van der Waals surface area contributed by atoms with Gasteiger partial charge in [0.05, 0.1) is 7.11 Å². The molecule has 0 bridgehead atoms. The molecule has 0 saturated carbocycles. The Kier molecular flexibility index (Phi) is 7.94. The highest BCUT2D eigenvalue weighted by Crippen LogP contribution is 2.21. The molecule has 0 aliphatic heterocycles. The third-order valence-corrected chi connectivity index (χ3v) is 4.19. The van der Waals surface area contributed by atoms with Crippen molar-refractivity contribution in [3.05, 3.63) is 29.8 Å². The molecule has 0 aliphatic carbocycles. The van der Waals surface area contributed by atoms with Crippen LogP contribution in [0.25, 0.3) is 0 Å². The Balaban J connectivity index is 2.39. The molecule has 0 radical (unpaired) electrons. The van der Waals surface area contributed by atoms with E-state index in [-0.39, 0.29) is 0 Å². The van der Waals surface area contributed by atoms with Crippen LogP contribution in [-0.4, -0.2) is 25.7 Å². The zero-order valence-corrected chi connectivity index (χ0v) is 12.6. The van der Waals surface area contributed by atoms with Crippen LogP contribution >= 0.6 is 11.8 Å². The van der Waals surface area contributed by atoms with Gasteiger partial charge in [-0.1, -0.05) is 31.9 Å². The van der Waals surface area contributed by atoms with Gasteiger partial charge in [0.25, 0.3) is 0 Å². The van der Waals surface area contributed by atoms with Gasteiger partial charge in [-0.05, 0) is 36.9 Å². The highest BCUT2D eigenvalue weighted by atomic mass is 32.2. The number of unbranched alkanes of at least 4 members (excludes halogenated alkanes) is 2.